The van der Waals surface area contributed by atoms with Crippen molar-refractivity contribution in [2.45, 2.75) is 38.1 Å². The molecule has 0 bridgehead atoms. The lowest BCUT2D eigenvalue weighted by Crippen LogP contribution is -2.44. The molecule has 0 saturated heterocycles. The summed E-state index contributed by atoms with van der Waals surface area (Å²) in [6, 6.07) is 4.71. The van der Waals surface area contributed by atoms with Gasteiger partial charge in [-0.25, -0.2) is 8.42 Å². The summed E-state index contributed by atoms with van der Waals surface area (Å²) in [6.45, 7) is 5.29. The van der Waals surface area contributed by atoms with Crippen LogP contribution in [0.3, 0.4) is 0 Å². The van der Waals surface area contributed by atoms with Crippen molar-refractivity contribution in [2.24, 2.45) is 0 Å². The number of benzene rings is 1. The number of carbonyl (C=O) groups is 2. The zero-order valence-corrected chi connectivity index (χ0v) is 13.2. The van der Waals surface area contributed by atoms with Crippen LogP contribution in [0.4, 0.5) is 0 Å². The van der Waals surface area contributed by atoms with Gasteiger partial charge in [-0.2, -0.15) is 4.72 Å². The van der Waals surface area contributed by atoms with E-state index >= 15 is 0 Å². The smallest absolute Gasteiger partial charge is 0.241 e. The van der Waals surface area contributed by atoms with E-state index in [1.807, 2.05) is 6.92 Å². The molecule has 0 aliphatic heterocycles. The van der Waals surface area contributed by atoms with Crippen molar-refractivity contribution in [1.29, 1.82) is 0 Å². The molecule has 6 nitrogen and oxygen atoms in total. The fourth-order valence-electron chi connectivity index (χ4n) is 1.62. The van der Waals surface area contributed by atoms with E-state index in [0.29, 0.717) is 12.1 Å². The summed E-state index contributed by atoms with van der Waals surface area (Å²) in [4.78, 5) is 22.8. The lowest BCUT2D eigenvalue weighted by Gasteiger charge is -2.14. The first-order valence-electron chi connectivity index (χ1n) is 6.69. The van der Waals surface area contributed by atoms with Crippen molar-refractivity contribution in [3.8, 4) is 0 Å². The predicted molar refractivity (Wildman–Crippen MR) is 79.5 cm³/mol. The van der Waals surface area contributed by atoms with Gasteiger partial charge in [-0.1, -0.05) is 19.1 Å². The molecule has 2 N–H and O–H groups in total. The summed E-state index contributed by atoms with van der Waals surface area (Å²) in [5.41, 5.74) is 0.433. The lowest BCUT2D eigenvalue weighted by atomic mass is 10.2. The van der Waals surface area contributed by atoms with Gasteiger partial charge in [0, 0.05) is 12.1 Å². The molecule has 116 valence electrons. The molecule has 1 rings (SSSR count). The normalized spacial score (nSPS) is 12.7. The van der Waals surface area contributed by atoms with Crippen LogP contribution in [-0.2, 0) is 14.8 Å². The van der Waals surface area contributed by atoms with Gasteiger partial charge < -0.3 is 5.32 Å². The van der Waals surface area contributed by atoms with E-state index < -0.39 is 16.1 Å². The summed E-state index contributed by atoms with van der Waals surface area (Å²) in [7, 11) is -3.79. The number of ketones is 1. The maximum Gasteiger partial charge on any atom is 0.241 e. The molecule has 0 heterocycles. The van der Waals surface area contributed by atoms with Crippen LogP contribution in [0, 0.1) is 0 Å². The van der Waals surface area contributed by atoms with Crippen molar-refractivity contribution < 1.29 is 18.0 Å². The maximum absolute atomic E-state index is 12.1. The van der Waals surface area contributed by atoms with Gasteiger partial charge >= 0.3 is 0 Å². The SMILES string of the molecule is CCCNC(=O)[C@H](C)NS(=O)(=O)c1ccc(C(C)=O)cc1. The maximum atomic E-state index is 12.1. The first-order valence-corrected chi connectivity index (χ1v) is 8.17. The monoisotopic (exact) mass is 312 g/mol. The number of rotatable bonds is 7. The van der Waals surface area contributed by atoms with Crippen LogP contribution in [0.15, 0.2) is 29.2 Å². The Labute approximate surface area is 125 Å². The third-order valence-corrected chi connectivity index (χ3v) is 4.40. The molecule has 1 atom stereocenters. The van der Waals surface area contributed by atoms with Crippen LogP contribution in [0.5, 0.6) is 0 Å². The van der Waals surface area contributed by atoms with Gasteiger partial charge in [0.1, 0.15) is 0 Å². The first kappa shape index (κ1) is 17.3. The van der Waals surface area contributed by atoms with Gasteiger partial charge in [0.25, 0.3) is 0 Å². The fraction of sp³-hybridized carbons (Fsp3) is 0.429. The number of hydrogen-bond acceptors (Lipinski definition) is 4. The summed E-state index contributed by atoms with van der Waals surface area (Å²) in [6.07, 6.45) is 0.776. The molecule has 0 radical (unpaired) electrons. The summed E-state index contributed by atoms with van der Waals surface area (Å²) in [5, 5.41) is 2.62. The molecule has 1 amide bonds. The van der Waals surface area contributed by atoms with Gasteiger partial charge in [-0.3, -0.25) is 9.59 Å². The second-order valence-corrected chi connectivity index (χ2v) is 6.43. The van der Waals surface area contributed by atoms with Crippen LogP contribution in [0.2, 0.25) is 0 Å². The van der Waals surface area contributed by atoms with Crippen LogP contribution in [0.25, 0.3) is 0 Å². The number of nitrogens with one attached hydrogen (secondary N) is 2. The van der Waals surface area contributed by atoms with Crippen LogP contribution in [0.1, 0.15) is 37.6 Å². The second-order valence-electron chi connectivity index (χ2n) is 4.71. The third-order valence-electron chi connectivity index (χ3n) is 2.85. The van der Waals surface area contributed by atoms with Crippen molar-refractivity contribution in [3.05, 3.63) is 29.8 Å². The first-order chi connectivity index (χ1) is 9.77. The van der Waals surface area contributed by atoms with Crippen molar-refractivity contribution >= 4 is 21.7 Å². The number of hydrogen-bond donors (Lipinski definition) is 2. The molecule has 0 unspecified atom stereocenters. The molecule has 1 aromatic rings. The summed E-state index contributed by atoms with van der Waals surface area (Å²) < 4.78 is 26.6. The average molecular weight is 312 g/mol. The zero-order chi connectivity index (χ0) is 16.0. The Hall–Kier alpha value is -1.73. The van der Waals surface area contributed by atoms with E-state index in [9.17, 15) is 18.0 Å². The van der Waals surface area contributed by atoms with Gasteiger partial charge in [-0.15, -0.1) is 0 Å². The molecule has 0 aliphatic rings. The second kappa shape index (κ2) is 7.33. The highest BCUT2D eigenvalue weighted by atomic mass is 32.2. The summed E-state index contributed by atoms with van der Waals surface area (Å²) in [5.74, 6) is -0.514. The van der Waals surface area contributed by atoms with E-state index in [1.54, 1.807) is 0 Å². The predicted octanol–water partition coefficient (Wildman–Crippen LogP) is 1.08. The topological polar surface area (TPSA) is 92.3 Å². The van der Waals surface area contributed by atoms with Crippen LogP contribution < -0.4 is 10.0 Å². The molecule has 0 spiro atoms. The Morgan fingerprint density at radius 3 is 2.24 bits per heavy atom. The molecule has 0 saturated carbocycles. The molecule has 21 heavy (non-hydrogen) atoms. The largest absolute Gasteiger partial charge is 0.355 e. The molecular formula is C14H20N2O4S. The van der Waals surface area contributed by atoms with Gasteiger partial charge in [-0.05, 0) is 32.4 Å². The highest BCUT2D eigenvalue weighted by molar-refractivity contribution is 7.89. The van der Waals surface area contributed by atoms with Gasteiger partial charge in [0.05, 0.1) is 10.9 Å². The Morgan fingerprint density at radius 1 is 1.19 bits per heavy atom. The molecule has 0 aromatic heterocycles. The third kappa shape index (κ3) is 4.95. The van der Waals surface area contributed by atoms with Crippen LogP contribution >= 0.6 is 0 Å². The Bertz CT molecular complexity index is 608. The molecule has 7 heteroatoms. The molecule has 0 fully saturated rings. The number of amides is 1. The van der Waals surface area contributed by atoms with Crippen LogP contribution in [-0.4, -0.2) is 32.7 Å². The van der Waals surface area contributed by atoms with Crippen molar-refractivity contribution in [2.75, 3.05) is 6.54 Å². The van der Waals surface area contributed by atoms with Gasteiger partial charge in [0.15, 0.2) is 5.78 Å². The van der Waals surface area contributed by atoms with Gasteiger partial charge in [0.2, 0.25) is 15.9 Å². The standard InChI is InChI=1S/C14H20N2O4S/c1-4-9-15-14(18)10(2)16-21(19,20)13-7-5-12(6-8-13)11(3)17/h5-8,10,16H,4,9H2,1-3H3,(H,15,18)/t10-/m0/s1. The minimum Gasteiger partial charge on any atom is -0.355 e. The van der Waals surface area contributed by atoms with E-state index in [-0.39, 0.29) is 16.6 Å². The quantitative estimate of drug-likeness (QED) is 0.737. The van der Waals surface area contributed by atoms with E-state index in [2.05, 4.69) is 10.0 Å². The molecule has 0 aliphatic carbocycles. The zero-order valence-electron chi connectivity index (χ0n) is 12.3. The average Bonchev–Trinajstić information content (AvgIpc) is 2.44. The van der Waals surface area contributed by atoms with Crippen molar-refractivity contribution in [3.63, 3.8) is 0 Å². The number of Topliss-reactive ketones (excluding diaryl/α,β-unsaturated/α-hetero) is 1. The molecule has 1 aromatic carbocycles. The van der Waals surface area contributed by atoms with Crippen molar-refractivity contribution in [1.82, 2.24) is 10.0 Å². The minimum absolute atomic E-state index is 0.0163. The fourth-order valence-corrected chi connectivity index (χ4v) is 2.83. The highest BCUT2D eigenvalue weighted by Gasteiger charge is 2.21. The lowest BCUT2D eigenvalue weighted by molar-refractivity contribution is -0.122. The van der Waals surface area contributed by atoms with E-state index in [0.717, 1.165) is 6.42 Å². The summed E-state index contributed by atoms with van der Waals surface area (Å²) >= 11 is 0. The number of carbonyl (C=O) groups excluding carboxylic acids is 2. The minimum atomic E-state index is -3.79. The Morgan fingerprint density at radius 2 is 1.76 bits per heavy atom. The Balaban J connectivity index is 2.81. The Kier molecular flexibility index (Phi) is 6.04. The number of sulfonamides is 1. The van der Waals surface area contributed by atoms with E-state index in [4.69, 9.17) is 0 Å². The van der Waals surface area contributed by atoms with E-state index in [1.165, 1.54) is 38.1 Å². The highest BCUT2D eigenvalue weighted by Crippen LogP contribution is 2.11. The molecular weight excluding hydrogens is 292 g/mol.